The highest BCUT2D eigenvalue weighted by molar-refractivity contribution is 5.77. The summed E-state index contributed by atoms with van der Waals surface area (Å²) in [6.07, 6.45) is 0.510. The fourth-order valence-corrected chi connectivity index (χ4v) is 3.13. The second-order valence-electron chi connectivity index (χ2n) is 6.30. The van der Waals surface area contributed by atoms with Gasteiger partial charge in [0.2, 0.25) is 5.75 Å². The SMILES string of the molecule is COc1cc(CC2COC(=O)C2C#N)cc(OC)c1OCc1ccccc1. The summed E-state index contributed by atoms with van der Waals surface area (Å²) < 4.78 is 21.9. The van der Waals surface area contributed by atoms with Gasteiger partial charge < -0.3 is 18.9 Å². The molecule has 1 saturated heterocycles. The molecule has 0 aromatic heterocycles. The monoisotopic (exact) mass is 367 g/mol. The molecular weight excluding hydrogens is 346 g/mol. The van der Waals surface area contributed by atoms with Gasteiger partial charge in [-0.2, -0.15) is 5.26 Å². The number of benzene rings is 2. The number of ether oxygens (including phenoxy) is 4. The van der Waals surface area contributed by atoms with Gasteiger partial charge in [-0.15, -0.1) is 0 Å². The van der Waals surface area contributed by atoms with E-state index in [1.165, 1.54) is 0 Å². The van der Waals surface area contributed by atoms with E-state index in [9.17, 15) is 10.1 Å². The Bertz CT molecular complexity index is 818. The van der Waals surface area contributed by atoms with E-state index >= 15 is 0 Å². The number of nitrogens with zero attached hydrogens (tertiary/aromatic N) is 1. The Balaban J connectivity index is 1.81. The van der Waals surface area contributed by atoms with Gasteiger partial charge in [0.15, 0.2) is 11.5 Å². The third kappa shape index (κ3) is 4.14. The summed E-state index contributed by atoms with van der Waals surface area (Å²) in [7, 11) is 3.13. The van der Waals surface area contributed by atoms with Crippen molar-refractivity contribution in [3.63, 3.8) is 0 Å². The Hall–Kier alpha value is -3.20. The Morgan fingerprint density at radius 3 is 2.37 bits per heavy atom. The smallest absolute Gasteiger partial charge is 0.323 e. The molecule has 0 spiro atoms. The van der Waals surface area contributed by atoms with Crippen molar-refractivity contribution in [1.82, 2.24) is 0 Å². The number of esters is 1. The summed E-state index contributed by atoms with van der Waals surface area (Å²) in [6, 6.07) is 15.5. The molecule has 1 heterocycles. The molecule has 27 heavy (non-hydrogen) atoms. The average Bonchev–Trinajstić information content (AvgIpc) is 3.06. The molecule has 0 aliphatic carbocycles. The molecule has 1 aliphatic heterocycles. The summed E-state index contributed by atoms with van der Waals surface area (Å²) in [5.74, 6) is 0.217. The summed E-state index contributed by atoms with van der Waals surface area (Å²) in [6.45, 7) is 0.627. The van der Waals surface area contributed by atoms with Crippen molar-refractivity contribution in [2.24, 2.45) is 11.8 Å². The number of nitriles is 1. The van der Waals surface area contributed by atoms with E-state index in [2.05, 4.69) is 0 Å². The van der Waals surface area contributed by atoms with Crippen LogP contribution in [0.1, 0.15) is 11.1 Å². The second kappa shape index (κ2) is 8.45. The van der Waals surface area contributed by atoms with Crippen LogP contribution in [0, 0.1) is 23.2 Å². The Kier molecular flexibility index (Phi) is 5.82. The van der Waals surface area contributed by atoms with Crippen LogP contribution in [-0.4, -0.2) is 26.8 Å². The lowest BCUT2D eigenvalue weighted by Crippen LogP contribution is -2.16. The van der Waals surface area contributed by atoms with Crippen molar-refractivity contribution in [2.75, 3.05) is 20.8 Å². The minimum absolute atomic E-state index is 0.187. The van der Waals surface area contributed by atoms with E-state index in [1.54, 1.807) is 14.2 Å². The number of hydrogen-bond donors (Lipinski definition) is 0. The van der Waals surface area contributed by atoms with Crippen LogP contribution in [0.25, 0.3) is 0 Å². The van der Waals surface area contributed by atoms with E-state index in [0.717, 1.165) is 11.1 Å². The van der Waals surface area contributed by atoms with Crippen LogP contribution < -0.4 is 14.2 Å². The van der Waals surface area contributed by atoms with Crippen LogP contribution in [-0.2, 0) is 22.6 Å². The first-order chi connectivity index (χ1) is 13.2. The van der Waals surface area contributed by atoms with Crippen LogP contribution in [0.4, 0.5) is 0 Å². The van der Waals surface area contributed by atoms with Gasteiger partial charge in [-0.25, -0.2) is 0 Å². The minimum Gasteiger partial charge on any atom is -0.493 e. The molecule has 140 valence electrons. The molecule has 2 aromatic rings. The normalized spacial score (nSPS) is 18.5. The van der Waals surface area contributed by atoms with E-state index in [4.69, 9.17) is 18.9 Å². The zero-order valence-electron chi connectivity index (χ0n) is 15.3. The van der Waals surface area contributed by atoms with Gasteiger partial charge in [-0.3, -0.25) is 4.79 Å². The molecule has 2 aromatic carbocycles. The molecule has 6 heteroatoms. The van der Waals surface area contributed by atoms with Crippen molar-refractivity contribution in [3.8, 4) is 23.3 Å². The first-order valence-corrected chi connectivity index (χ1v) is 8.64. The topological polar surface area (TPSA) is 77.8 Å². The molecule has 0 N–H and O–H groups in total. The van der Waals surface area contributed by atoms with Crippen molar-refractivity contribution in [2.45, 2.75) is 13.0 Å². The third-order valence-corrected chi connectivity index (χ3v) is 4.55. The van der Waals surface area contributed by atoms with E-state index < -0.39 is 11.9 Å². The zero-order valence-corrected chi connectivity index (χ0v) is 15.3. The van der Waals surface area contributed by atoms with Crippen molar-refractivity contribution in [3.05, 3.63) is 53.6 Å². The number of carbonyl (C=O) groups is 1. The number of methoxy groups -OCH3 is 2. The van der Waals surface area contributed by atoms with Gasteiger partial charge in [-0.1, -0.05) is 30.3 Å². The van der Waals surface area contributed by atoms with Gasteiger partial charge in [0.25, 0.3) is 0 Å². The Morgan fingerprint density at radius 1 is 1.11 bits per heavy atom. The highest BCUT2D eigenvalue weighted by Gasteiger charge is 2.37. The van der Waals surface area contributed by atoms with Crippen LogP contribution in [0.15, 0.2) is 42.5 Å². The van der Waals surface area contributed by atoms with Crippen LogP contribution >= 0.6 is 0 Å². The summed E-state index contributed by atoms with van der Waals surface area (Å²) in [4.78, 5) is 11.6. The Morgan fingerprint density at radius 2 is 1.78 bits per heavy atom. The van der Waals surface area contributed by atoms with E-state index in [0.29, 0.717) is 30.3 Å². The molecule has 2 unspecified atom stereocenters. The molecule has 6 nitrogen and oxygen atoms in total. The molecule has 1 aliphatic rings. The summed E-state index contributed by atoms with van der Waals surface area (Å²) in [5.41, 5.74) is 1.92. The lowest BCUT2D eigenvalue weighted by Gasteiger charge is -2.17. The molecule has 1 fully saturated rings. The first kappa shape index (κ1) is 18.6. The van der Waals surface area contributed by atoms with Gasteiger partial charge in [-0.05, 0) is 29.7 Å². The lowest BCUT2D eigenvalue weighted by molar-refractivity contribution is -0.139. The maximum atomic E-state index is 11.6. The standard InChI is InChI=1S/C21H21NO5/c1-24-18-9-15(8-16-13-27-21(23)17(16)11-22)10-19(25-2)20(18)26-12-14-6-4-3-5-7-14/h3-7,9-10,16-17H,8,12-13H2,1-2H3. The van der Waals surface area contributed by atoms with Gasteiger partial charge in [0, 0.05) is 5.92 Å². The van der Waals surface area contributed by atoms with Gasteiger partial charge in [0.1, 0.15) is 12.5 Å². The predicted molar refractivity (Wildman–Crippen MR) is 97.6 cm³/mol. The largest absolute Gasteiger partial charge is 0.493 e. The Labute approximate surface area is 158 Å². The number of rotatable bonds is 7. The maximum Gasteiger partial charge on any atom is 0.323 e. The molecule has 0 bridgehead atoms. The van der Waals surface area contributed by atoms with Gasteiger partial charge >= 0.3 is 5.97 Å². The molecule has 3 rings (SSSR count). The van der Waals surface area contributed by atoms with Crippen LogP contribution in [0.3, 0.4) is 0 Å². The predicted octanol–water partition coefficient (Wildman–Crippen LogP) is 3.14. The zero-order chi connectivity index (χ0) is 19.2. The molecule has 0 radical (unpaired) electrons. The lowest BCUT2D eigenvalue weighted by atomic mass is 9.90. The highest BCUT2D eigenvalue weighted by atomic mass is 16.5. The summed E-state index contributed by atoms with van der Waals surface area (Å²) >= 11 is 0. The fourth-order valence-electron chi connectivity index (χ4n) is 3.13. The van der Waals surface area contributed by atoms with Crippen LogP contribution in [0.5, 0.6) is 17.2 Å². The average molecular weight is 367 g/mol. The summed E-state index contributed by atoms with van der Waals surface area (Å²) in [5, 5.41) is 9.19. The maximum absolute atomic E-state index is 11.6. The van der Waals surface area contributed by atoms with Crippen molar-refractivity contribution in [1.29, 1.82) is 5.26 Å². The van der Waals surface area contributed by atoms with Gasteiger partial charge in [0.05, 0.1) is 26.9 Å². The third-order valence-electron chi connectivity index (χ3n) is 4.55. The number of hydrogen-bond acceptors (Lipinski definition) is 6. The minimum atomic E-state index is -0.740. The number of carbonyl (C=O) groups excluding carboxylic acids is 1. The molecule has 0 saturated carbocycles. The number of cyclic esters (lactones) is 1. The quantitative estimate of drug-likeness (QED) is 0.700. The molecular formula is C21H21NO5. The molecule has 2 atom stereocenters. The van der Waals surface area contributed by atoms with Crippen LogP contribution in [0.2, 0.25) is 0 Å². The highest BCUT2D eigenvalue weighted by Crippen LogP contribution is 2.40. The van der Waals surface area contributed by atoms with E-state index in [1.807, 2.05) is 48.5 Å². The first-order valence-electron chi connectivity index (χ1n) is 8.64. The van der Waals surface area contributed by atoms with E-state index in [-0.39, 0.29) is 12.5 Å². The molecule has 0 amide bonds. The second-order valence-corrected chi connectivity index (χ2v) is 6.30. The fraction of sp³-hybridized carbons (Fsp3) is 0.333. The van der Waals surface area contributed by atoms with Crippen molar-refractivity contribution >= 4 is 5.97 Å². The van der Waals surface area contributed by atoms with Crippen molar-refractivity contribution < 1.29 is 23.7 Å².